The number of nitrogens with zero attached hydrogens (tertiary/aromatic N) is 1. The van der Waals surface area contributed by atoms with Crippen molar-refractivity contribution >= 4 is 28.9 Å². The molecule has 2 heterocycles. The van der Waals surface area contributed by atoms with Crippen molar-refractivity contribution < 1.29 is 14.0 Å². The lowest BCUT2D eigenvalue weighted by Crippen LogP contribution is -2.13. The van der Waals surface area contributed by atoms with Crippen molar-refractivity contribution in [2.75, 3.05) is 10.6 Å². The number of H-pyrrole nitrogens is 1. The van der Waals surface area contributed by atoms with Gasteiger partial charge in [-0.1, -0.05) is 24.3 Å². The van der Waals surface area contributed by atoms with Gasteiger partial charge in [0.1, 0.15) is 11.6 Å². The van der Waals surface area contributed by atoms with Crippen LogP contribution >= 0.6 is 0 Å². The molecule has 0 fully saturated rings. The number of hydrogen-bond donors (Lipinski definition) is 3. The number of fused-ring (bicyclic) bond motifs is 1. The number of Topliss-reactive ketones (excluding diaryl/α,β-unsaturated/α-hetero) is 1. The van der Waals surface area contributed by atoms with Crippen molar-refractivity contribution in [3.63, 3.8) is 0 Å². The Labute approximate surface area is 189 Å². The number of carbonyl (C=O) groups is 2. The summed E-state index contributed by atoms with van der Waals surface area (Å²) in [4.78, 5) is 33.0. The molecule has 6 nitrogen and oxygen atoms in total. The number of ketones is 1. The summed E-state index contributed by atoms with van der Waals surface area (Å²) in [5, 5.41) is 6.12. The van der Waals surface area contributed by atoms with E-state index in [0.717, 1.165) is 41.2 Å². The van der Waals surface area contributed by atoms with E-state index in [1.807, 2.05) is 36.4 Å². The number of anilines is 3. The van der Waals surface area contributed by atoms with Crippen molar-refractivity contribution in [1.82, 2.24) is 9.97 Å². The van der Waals surface area contributed by atoms with Crippen LogP contribution in [-0.2, 0) is 6.42 Å². The highest BCUT2D eigenvalue weighted by atomic mass is 19.1. The maximum Gasteiger partial charge on any atom is 0.256 e. The van der Waals surface area contributed by atoms with E-state index in [4.69, 9.17) is 0 Å². The number of rotatable bonds is 5. The van der Waals surface area contributed by atoms with Crippen LogP contribution in [0.3, 0.4) is 0 Å². The monoisotopic (exact) mass is 440 g/mol. The number of hydrogen-bond acceptors (Lipinski definition) is 4. The zero-order valence-electron chi connectivity index (χ0n) is 17.7. The number of amides is 1. The zero-order chi connectivity index (χ0) is 22.8. The number of nitrogens with one attached hydrogen (secondary N) is 3. The molecule has 1 aliphatic carbocycles. The molecule has 1 aliphatic rings. The molecule has 0 bridgehead atoms. The van der Waals surface area contributed by atoms with Crippen LogP contribution in [-0.4, -0.2) is 21.7 Å². The van der Waals surface area contributed by atoms with E-state index in [2.05, 4.69) is 20.6 Å². The Morgan fingerprint density at radius 3 is 2.67 bits per heavy atom. The molecule has 1 amide bonds. The van der Waals surface area contributed by atoms with Crippen LogP contribution in [0.2, 0.25) is 0 Å². The van der Waals surface area contributed by atoms with E-state index < -0.39 is 11.7 Å². The summed E-state index contributed by atoms with van der Waals surface area (Å²) in [5.41, 5.74) is 4.89. The van der Waals surface area contributed by atoms with Gasteiger partial charge in [-0.05, 0) is 55.3 Å². The highest BCUT2D eigenvalue weighted by Crippen LogP contribution is 2.39. The van der Waals surface area contributed by atoms with Gasteiger partial charge in [0.2, 0.25) is 0 Å². The number of halogens is 1. The highest BCUT2D eigenvalue weighted by molar-refractivity contribution is 6.08. The van der Waals surface area contributed by atoms with Crippen molar-refractivity contribution in [3.8, 4) is 11.3 Å². The molecule has 0 unspecified atom stereocenters. The molecule has 3 N–H and O–H groups in total. The second-order valence-electron chi connectivity index (χ2n) is 7.89. The van der Waals surface area contributed by atoms with Gasteiger partial charge in [0.25, 0.3) is 5.91 Å². The van der Waals surface area contributed by atoms with Crippen molar-refractivity contribution in [2.45, 2.75) is 19.3 Å². The van der Waals surface area contributed by atoms with E-state index in [1.165, 1.54) is 24.3 Å². The summed E-state index contributed by atoms with van der Waals surface area (Å²) in [5.74, 6) is -0.512. The Bertz CT molecular complexity index is 1350. The Balaban J connectivity index is 1.51. The van der Waals surface area contributed by atoms with Crippen molar-refractivity contribution in [3.05, 3.63) is 95.6 Å². The Hall–Kier alpha value is -4.26. The Morgan fingerprint density at radius 2 is 1.85 bits per heavy atom. The molecule has 0 radical (unpaired) electrons. The third kappa shape index (κ3) is 4.25. The molecule has 5 rings (SSSR count). The minimum Gasteiger partial charge on any atom is -0.356 e. The van der Waals surface area contributed by atoms with E-state index >= 15 is 0 Å². The second kappa shape index (κ2) is 8.70. The molecule has 0 aliphatic heterocycles. The van der Waals surface area contributed by atoms with Crippen LogP contribution in [0.5, 0.6) is 0 Å². The molecule has 33 heavy (non-hydrogen) atoms. The summed E-state index contributed by atoms with van der Waals surface area (Å²) in [7, 11) is 0. The molecule has 0 atom stereocenters. The van der Waals surface area contributed by atoms with Crippen LogP contribution < -0.4 is 10.6 Å². The number of aromatic amines is 1. The molecule has 4 aromatic rings. The van der Waals surface area contributed by atoms with E-state index in [1.54, 1.807) is 12.3 Å². The summed E-state index contributed by atoms with van der Waals surface area (Å²) in [6, 6.07) is 18.7. The summed E-state index contributed by atoms with van der Waals surface area (Å²) in [6.45, 7) is 0. The normalized spacial score (nSPS) is 12.8. The maximum atomic E-state index is 13.5. The first-order valence-corrected chi connectivity index (χ1v) is 10.7. The fourth-order valence-electron chi connectivity index (χ4n) is 4.08. The number of carbonyl (C=O) groups excluding carboxylic acids is 2. The first kappa shape index (κ1) is 20.6. The van der Waals surface area contributed by atoms with Gasteiger partial charge in [-0.25, -0.2) is 9.37 Å². The molecule has 0 saturated heterocycles. The second-order valence-corrected chi connectivity index (χ2v) is 7.89. The average Bonchev–Trinajstić information content (AvgIpc) is 3.19. The van der Waals surface area contributed by atoms with Gasteiger partial charge >= 0.3 is 0 Å². The third-order valence-corrected chi connectivity index (χ3v) is 5.61. The molecule has 2 aromatic carbocycles. The number of aromatic nitrogens is 2. The number of benzene rings is 2. The largest absolute Gasteiger partial charge is 0.356 e. The first-order valence-electron chi connectivity index (χ1n) is 10.7. The quantitative estimate of drug-likeness (QED) is 0.370. The fraction of sp³-hybridized carbons (Fsp3) is 0.115. The summed E-state index contributed by atoms with van der Waals surface area (Å²) in [6.07, 6.45) is 3.70. The topological polar surface area (TPSA) is 86.9 Å². The van der Waals surface area contributed by atoms with Crippen LogP contribution in [0.1, 0.15) is 39.3 Å². The lowest BCUT2D eigenvalue weighted by atomic mass is 9.95. The van der Waals surface area contributed by atoms with Crippen LogP contribution in [0.25, 0.3) is 11.3 Å². The van der Waals surface area contributed by atoms with Crippen LogP contribution in [0.15, 0.2) is 72.9 Å². The Kier molecular flexibility index (Phi) is 5.44. The van der Waals surface area contributed by atoms with Gasteiger partial charge < -0.3 is 15.6 Å². The van der Waals surface area contributed by atoms with Gasteiger partial charge in [-0.2, -0.15) is 0 Å². The summed E-state index contributed by atoms with van der Waals surface area (Å²) >= 11 is 0. The van der Waals surface area contributed by atoms with Crippen molar-refractivity contribution in [2.24, 2.45) is 0 Å². The predicted molar refractivity (Wildman–Crippen MR) is 125 cm³/mol. The van der Waals surface area contributed by atoms with Crippen molar-refractivity contribution in [1.29, 1.82) is 0 Å². The smallest absolute Gasteiger partial charge is 0.256 e. The average molecular weight is 440 g/mol. The molecular formula is C26H21FN4O2. The lowest BCUT2D eigenvalue weighted by molar-refractivity contribution is 0.0972. The number of aryl methyl sites for hydroxylation is 1. The number of para-hydroxylation sites is 1. The number of pyridine rings is 1. The molecule has 7 heteroatoms. The third-order valence-electron chi connectivity index (χ3n) is 5.61. The zero-order valence-corrected chi connectivity index (χ0v) is 17.7. The molecule has 0 saturated carbocycles. The SMILES string of the molecule is O=C(Nc1cc(-c2[nH]c3c(c2Nc2ccccc2)C(=O)CCC3)ccn1)c1cccc(F)c1. The fourth-order valence-corrected chi connectivity index (χ4v) is 4.08. The molecule has 0 spiro atoms. The maximum absolute atomic E-state index is 13.5. The van der Waals surface area contributed by atoms with Gasteiger partial charge in [0.05, 0.1) is 16.9 Å². The van der Waals surface area contributed by atoms with Gasteiger partial charge in [-0.3, -0.25) is 9.59 Å². The van der Waals surface area contributed by atoms with Crippen LogP contribution in [0, 0.1) is 5.82 Å². The van der Waals surface area contributed by atoms with Crippen LogP contribution in [0.4, 0.5) is 21.6 Å². The standard InChI is InChI=1S/C26H21FN4O2/c27-18-7-4-6-17(14-18)26(33)31-22-15-16(12-13-28-22)24-25(29-19-8-2-1-3-9-19)23-20(30-24)10-5-11-21(23)32/h1-4,6-9,12-15,29-30H,5,10-11H2,(H,28,31,33). The molecular weight excluding hydrogens is 419 g/mol. The summed E-state index contributed by atoms with van der Waals surface area (Å²) < 4.78 is 13.5. The van der Waals surface area contributed by atoms with E-state index in [0.29, 0.717) is 17.8 Å². The van der Waals surface area contributed by atoms with Gasteiger partial charge in [0, 0.05) is 35.1 Å². The van der Waals surface area contributed by atoms with E-state index in [-0.39, 0.29) is 11.3 Å². The molecule has 164 valence electrons. The minimum atomic E-state index is -0.484. The van der Waals surface area contributed by atoms with Gasteiger partial charge in [0.15, 0.2) is 5.78 Å². The highest BCUT2D eigenvalue weighted by Gasteiger charge is 2.27. The van der Waals surface area contributed by atoms with E-state index in [9.17, 15) is 14.0 Å². The van der Waals surface area contributed by atoms with Gasteiger partial charge in [-0.15, -0.1) is 0 Å². The molecule has 2 aromatic heterocycles. The minimum absolute atomic E-state index is 0.103. The predicted octanol–water partition coefficient (Wildman–Crippen LogP) is 5.73. The lowest BCUT2D eigenvalue weighted by Gasteiger charge is -2.14. The first-order chi connectivity index (χ1) is 16.1. The Morgan fingerprint density at radius 1 is 1.00 bits per heavy atom.